The molecule has 0 amide bonds. The number of terminal acetylenes is 1. The Balaban J connectivity index is 2.01. The maximum Gasteiger partial charge on any atom is 0.220 e. The number of benzene rings is 2. The molecule has 3 aromatic rings. The van der Waals surface area contributed by atoms with Gasteiger partial charge in [-0.3, -0.25) is 14.7 Å². The fourth-order valence-electron chi connectivity index (χ4n) is 2.96. The highest BCUT2D eigenvalue weighted by atomic mass is 79.9. The molecule has 0 aliphatic carbocycles. The highest BCUT2D eigenvalue weighted by molar-refractivity contribution is 9.10. The number of hydrogen-bond donors (Lipinski definition) is 0. The molecular weight excluding hydrogens is 503 g/mol. The molecule has 0 fully saturated rings. The molecule has 11 heteroatoms. The third kappa shape index (κ3) is 5.38. The summed E-state index contributed by atoms with van der Waals surface area (Å²) in [4.78, 5) is 11.0. The van der Waals surface area contributed by atoms with Crippen molar-refractivity contribution in [2.45, 2.75) is 17.3 Å². The summed E-state index contributed by atoms with van der Waals surface area (Å²) in [7, 11) is 1.47. The first kappa shape index (κ1) is 23.6. The van der Waals surface area contributed by atoms with E-state index in [1.165, 1.54) is 31.0 Å². The largest absolute Gasteiger partial charge is 0.493 e. The van der Waals surface area contributed by atoms with Crippen molar-refractivity contribution < 1.29 is 18.8 Å². The van der Waals surface area contributed by atoms with Gasteiger partial charge in [0.1, 0.15) is 23.5 Å². The zero-order chi connectivity index (χ0) is 23.3. The second-order valence-corrected chi connectivity index (χ2v) is 8.51. The van der Waals surface area contributed by atoms with E-state index in [1.54, 1.807) is 35.8 Å². The van der Waals surface area contributed by atoms with Crippen LogP contribution < -0.4 is 9.47 Å². The minimum absolute atomic E-state index is 0.0431. The third-order valence-corrected chi connectivity index (χ3v) is 6.14. The van der Waals surface area contributed by atoms with Crippen LogP contribution >= 0.6 is 27.7 Å². The van der Waals surface area contributed by atoms with Gasteiger partial charge < -0.3 is 9.47 Å². The molecule has 8 nitrogen and oxygen atoms in total. The fourth-order valence-corrected chi connectivity index (χ4v) is 4.69. The highest BCUT2D eigenvalue weighted by Crippen LogP contribution is 2.43. The first-order chi connectivity index (χ1) is 15.3. The number of methoxy groups -OCH3 is 1. The van der Waals surface area contributed by atoms with E-state index in [0.717, 1.165) is 0 Å². The lowest BCUT2D eigenvalue weighted by Crippen LogP contribution is -2.12. The van der Waals surface area contributed by atoms with Crippen LogP contribution in [0, 0.1) is 35.2 Å². The summed E-state index contributed by atoms with van der Waals surface area (Å²) < 4.78 is 26.6. The number of aromatic nitrogens is 3. The number of rotatable bonds is 9. The number of ether oxygens (including phenoxy) is 2. The second kappa shape index (κ2) is 10.5. The molecule has 166 valence electrons. The predicted molar refractivity (Wildman–Crippen MR) is 122 cm³/mol. The molecule has 0 saturated heterocycles. The van der Waals surface area contributed by atoms with Crippen molar-refractivity contribution in [3.8, 4) is 29.5 Å². The molecule has 0 radical (unpaired) electrons. The Bertz CT molecular complexity index is 1160. The Labute approximate surface area is 196 Å². The van der Waals surface area contributed by atoms with Crippen LogP contribution in [0.2, 0.25) is 0 Å². The van der Waals surface area contributed by atoms with Crippen LogP contribution in [0.1, 0.15) is 16.6 Å². The van der Waals surface area contributed by atoms with E-state index in [-0.39, 0.29) is 19.0 Å². The summed E-state index contributed by atoms with van der Waals surface area (Å²) in [6, 6.07) is 9.23. The maximum absolute atomic E-state index is 13.4. The molecule has 32 heavy (non-hydrogen) atoms. The molecule has 3 rings (SSSR count). The summed E-state index contributed by atoms with van der Waals surface area (Å²) >= 11 is 4.60. The molecule has 1 heterocycles. The average Bonchev–Trinajstić information content (AvgIpc) is 3.12. The van der Waals surface area contributed by atoms with Gasteiger partial charge in [-0.2, -0.15) is 0 Å². The number of nitro groups is 1. The maximum atomic E-state index is 13.4. The molecule has 0 saturated carbocycles. The van der Waals surface area contributed by atoms with E-state index in [2.05, 4.69) is 32.0 Å². The number of nitrogens with zero attached hydrogens (tertiary/aromatic N) is 4. The van der Waals surface area contributed by atoms with Gasteiger partial charge in [-0.05, 0) is 64.8 Å². The van der Waals surface area contributed by atoms with Gasteiger partial charge >= 0.3 is 0 Å². The van der Waals surface area contributed by atoms with Gasteiger partial charge in [-0.15, -0.1) is 16.6 Å². The number of hydrogen-bond acceptors (Lipinski definition) is 7. The van der Waals surface area contributed by atoms with Gasteiger partial charge in [0.25, 0.3) is 0 Å². The summed E-state index contributed by atoms with van der Waals surface area (Å²) in [5, 5.41) is 19.5. The SMILES string of the molecule is C#CCOc1c(Br)cc([C@H](C[N+](=O)[O-])Sc2nnc(C)n2-c2ccc(F)cc2)cc1OC. The average molecular weight is 521 g/mol. The second-order valence-electron chi connectivity index (χ2n) is 6.49. The van der Waals surface area contributed by atoms with E-state index in [1.807, 2.05) is 0 Å². The van der Waals surface area contributed by atoms with Crippen LogP contribution in [-0.4, -0.2) is 39.9 Å². The van der Waals surface area contributed by atoms with Crippen LogP contribution in [0.3, 0.4) is 0 Å². The van der Waals surface area contributed by atoms with Crippen LogP contribution in [-0.2, 0) is 0 Å². The van der Waals surface area contributed by atoms with Gasteiger partial charge in [-0.1, -0.05) is 17.7 Å². The van der Waals surface area contributed by atoms with Crippen LogP contribution in [0.5, 0.6) is 11.5 Å². The van der Waals surface area contributed by atoms with Crippen LogP contribution in [0.15, 0.2) is 46.0 Å². The van der Waals surface area contributed by atoms with Crippen molar-refractivity contribution in [3.63, 3.8) is 0 Å². The molecular formula is C21H18BrFN4O4S. The Morgan fingerprint density at radius 1 is 1.34 bits per heavy atom. The van der Waals surface area contributed by atoms with E-state index in [4.69, 9.17) is 15.9 Å². The van der Waals surface area contributed by atoms with Crippen molar-refractivity contribution in [1.29, 1.82) is 0 Å². The predicted octanol–water partition coefficient (Wildman–Crippen LogP) is 4.61. The van der Waals surface area contributed by atoms with Gasteiger partial charge in [-0.25, -0.2) is 4.39 Å². The quantitative estimate of drug-likeness (QED) is 0.176. The number of aryl methyl sites for hydroxylation is 1. The summed E-state index contributed by atoms with van der Waals surface area (Å²) in [5.74, 6) is 3.37. The van der Waals surface area contributed by atoms with Gasteiger partial charge in [0.2, 0.25) is 6.54 Å². The summed E-state index contributed by atoms with van der Waals surface area (Å²) in [5.41, 5.74) is 1.27. The molecule has 0 spiro atoms. The first-order valence-electron chi connectivity index (χ1n) is 9.24. The molecule has 0 N–H and O–H groups in total. The minimum atomic E-state index is -0.625. The Morgan fingerprint density at radius 2 is 2.06 bits per heavy atom. The van der Waals surface area contributed by atoms with Gasteiger partial charge in [0.05, 0.1) is 11.6 Å². The lowest BCUT2D eigenvalue weighted by molar-refractivity contribution is -0.479. The van der Waals surface area contributed by atoms with Gasteiger partial charge in [0, 0.05) is 10.6 Å². The van der Waals surface area contributed by atoms with Crippen molar-refractivity contribution >= 4 is 27.7 Å². The molecule has 0 unspecified atom stereocenters. The minimum Gasteiger partial charge on any atom is -0.493 e. The Kier molecular flexibility index (Phi) is 7.71. The normalized spacial score (nSPS) is 11.6. The Morgan fingerprint density at radius 3 is 2.69 bits per heavy atom. The Hall–Kier alpha value is -3.10. The smallest absolute Gasteiger partial charge is 0.220 e. The van der Waals surface area contributed by atoms with E-state index >= 15 is 0 Å². The molecule has 0 aliphatic rings. The highest BCUT2D eigenvalue weighted by Gasteiger charge is 2.26. The monoisotopic (exact) mass is 520 g/mol. The van der Waals surface area contributed by atoms with Crippen molar-refractivity contribution in [3.05, 3.63) is 68.2 Å². The first-order valence-corrected chi connectivity index (χ1v) is 10.9. The molecule has 1 atom stereocenters. The fraction of sp³-hybridized carbons (Fsp3) is 0.238. The summed E-state index contributed by atoms with van der Waals surface area (Å²) in [6.07, 6.45) is 5.26. The molecule has 0 aliphatic heterocycles. The lowest BCUT2D eigenvalue weighted by atomic mass is 10.1. The summed E-state index contributed by atoms with van der Waals surface area (Å²) in [6.45, 7) is 1.42. The zero-order valence-corrected chi connectivity index (χ0v) is 19.5. The van der Waals surface area contributed by atoms with E-state index in [9.17, 15) is 14.5 Å². The zero-order valence-electron chi connectivity index (χ0n) is 17.1. The van der Waals surface area contributed by atoms with E-state index in [0.29, 0.717) is 38.2 Å². The number of halogens is 2. The van der Waals surface area contributed by atoms with Crippen molar-refractivity contribution in [2.24, 2.45) is 0 Å². The van der Waals surface area contributed by atoms with Crippen LogP contribution in [0.4, 0.5) is 4.39 Å². The molecule has 0 bridgehead atoms. The number of thioether (sulfide) groups is 1. The van der Waals surface area contributed by atoms with Crippen LogP contribution in [0.25, 0.3) is 5.69 Å². The molecule has 2 aromatic carbocycles. The van der Waals surface area contributed by atoms with Crippen molar-refractivity contribution in [2.75, 3.05) is 20.3 Å². The molecule has 1 aromatic heterocycles. The third-order valence-electron chi connectivity index (χ3n) is 4.37. The van der Waals surface area contributed by atoms with Gasteiger partial charge in [0.15, 0.2) is 16.7 Å². The standard InChI is InChI=1S/C21H18BrFN4O4S/c1-4-9-31-20-17(22)10-14(11-18(20)30-3)19(12-26(28)29)32-21-25-24-13(2)27(21)16-7-5-15(23)6-8-16/h1,5-8,10-11,19H,9,12H2,2-3H3/t19-/m0/s1. The van der Waals surface area contributed by atoms with Crippen molar-refractivity contribution in [1.82, 2.24) is 14.8 Å². The van der Waals surface area contributed by atoms with E-state index < -0.39 is 10.2 Å². The lowest BCUT2D eigenvalue weighted by Gasteiger charge is -2.17. The topological polar surface area (TPSA) is 92.3 Å².